The zero-order valence-corrected chi connectivity index (χ0v) is 15.0. The number of imidazole rings is 1. The SMILES string of the molecule is CCCCOC(=O)N(CC)c1ccc2c(c1)N(Cc1c[nH]cn1)CC2. The molecule has 0 spiro atoms. The number of amides is 1. The van der Waals surface area contributed by atoms with Crippen LogP contribution in [0.25, 0.3) is 0 Å². The van der Waals surface area contributed by atoms with Crippen molar-refractivity contribution in [3.05, 3.63) is 42.0 Å². The molecule has 134 valence electrons. The number of carbonyl (C=O) groups excluding carboxylic acids is 1. The number of carbonyl (C=O) groups is 1. The molecular weight excluding hydrogens is 316 g/mol. The maximum Gasteiger partial charge on any atom is 0.414 e. The van der Waals surface area contributed by atoms with Crippen LogP contribution in [0.5, 0.6) is 0 Å². The van der Waals surface area contributed by atoms with Crippen LogP contribution in [-0.4, -0.2) is 35.8 Å². The fraction of sp³-hybridized carbons (Fsp3) is 0.474. The molecule has 0 saturated carbocycles. The zero-order chi connectivity index (χ0) is 17.6. The molecule has 6 nitrogen and oxygen atoms in total. The molecule has 1 aliphatic heterocycles. The van der Waals surface area contributed by atoms with E-state index in [0.29, 0.717) is 13.2 Å². The summed E-state index contributed by atoms with van der Waals surface area (Å²) in [5, 5.41) is 0. The van der Waals surface area contributed by atoms with Crippen LogP contribution >= 0.6 is 0 Å². The van der Waals surface area contributed by atoms with Gasteiger partial charge in [-0.05, 0) is 37.5 Å². The van der Waals surface area contributed by atoms with E-state index in [1.54, 1.807) is 11.2 Å². The van der Waals surface area contributed by atoms with Gasteiger partial charge in [0.1, 0.15) is 0 Å². The lowest BCUT2D eigenvalue weighted by atomic mass is 10.1. The molecule has 3 rings (SSSR count). The Morgan fingerprint density at radius 2 is 2.28 bits per heavy atom. The minimum absolute atomic E-state index is 0.271. The molecule has 0 aliphatic carbocycles. The van der Waals surface area contributed by atoms with Crippen LogP contribution in [0, 0.1) is 0 Å². The molecule has 1 aromatic carbocycles. The zero-order valence-electron chi connectivity index (χ0n) is 15.0. The number of aromatic nitrogens is 2. The van der Waals surface area contributed by atoms with Crippen molar-refractivity contribution in [2.45, 2.75) is 39.7 Å². The van der Waals surface area contributed by atoms with E-state index < -0.39 is 0 Å². The molecule has 1 amide bonds. The summed E-state index contributed by atoms with van der Waals surface area (Å²) in [5.74, 6) is 0. The number of anilines is 2. The molecule has 1 aliphatic rings. The van der Waals surface area contributed by atoms with Gasteiger partial charge in [0, 0.05) is 30.7 Å². The lowest BCUT2D eigenvalue weighted by Gasteiger charge is -2.23. The number of H-pyrrole nitrogens is 1. The number of hydrogen-bond donors (Lipinski definition) is 1. The molecule has 1 N–H and O–H groups in total. The van der Waals surface area contributed by atoms with E-state index in [1.165, 1.54) is 11.3 Å². The third-order valence-electron chi connectivity index (χ3n) is 4.54. The van der Waals surface area contributed by atoms with Crippen molar-refractivity contribution in [1.29, 1.82) is 0 Å². The highest BCUT2D eigenvalue weighted by molar-refractivity contribution is 5.88. The Hall–Kier alpha value is -2.50. The molecule has 0 fully saturated rings. The second kappa shape index (κ2) is 8.05. The highest BCUT2D eigenvalue weighted by Gasteiger charge is 2.23. The number of aromatic amines is 1. The highest BCUT2D eigenvalue weighted by Crippen LogP contribution is 2.33. The van der Waals surface area contributed by atoms with Crippen molar-refractivity contribution in [3.8, 4) is 0 Å². The summed E-state index contributed by atoms with van der Waals surface area (Å²) in [5.41, 5.74) is 4.40. The molecule has 6 heteroatoms. The lowest BCUT2D eigenvalue weighted by Crippen LogP contribution is -2.31. The van der Waals surface area contributed by atoms with Gasteiger partial charge in [0.15, 0.2) is 0 Å². The van der Waals surface area contributed by atoms with E-state index in [-0.39, 0.29) is 6.09 Å². The first-order chi connectivity index (χ1) is 12.2. The molecular formula is C19H26N4O2. The van der Waals surface area contributed by atoms with Crippen LogP contribution in [-0.2, 0) is 17.7 Å². The van der Waals surface area contributed by atoms with Crippen molar-refractivity contribution < 1.29 is 9.53 Å². The summed E-state index contributed by atoms with van der Waals surface area (Å²) in [6, 6.07) is 6.23. The number of fused-ring (bicyclic) bond motifs is 1. The van der Waals surface area contributed by atoms with Crippen LogP contribution in [0.2, 0.25) is 0 Å². The first-order valence-corrected chi connectivity index (χ1v) is 9.02. The Labute approximate surface area is 148 Å². The number of nitrogens with one attached hydrogen (secondary N) is 1. The van der Waals surface area contributed by atoms with Gasteiger partial charge in [-0.2, -0.15) is 0 Å². The number of rotatable bonds is 7. The maximum absolute atomic E-state index is 12.4. The van der Waals surface area contributed by atoms with Crippen LogP contribution < -0.4 is 9.80 Å². The first kappa shape index (κ1) is 17.3. The van der Waals surface area contributed by atoms with Crippen molar-refractivity contribution in [2.24, 2.45) is 0 Å². The van der Waals surface area contributed by atoms with E-state index in [4.69, 9.17) is 4.74 Å². The third kappa shape index (κ3) is 3.95. The Morgan fingerprint density at radius 3 is 3.00 bits per heavy atom. The molecule has 0 unspecified atom stereocenters. The summed E-state index contributed by atoms with van der Waals surface area (Å²) in [6.45, 7) is 6.85. The van der Waals surface area contributed by atoms with Crippen LogP contribution in [0.4, 0.5) is 16.2 Å². The summed E-state index contributed by atoms with van der Waals surface area (Å²) in [7, 11) is 0. The second-order valence-corrected chi connectivity index (χ2v) is 6.26. The van der Waals surface area contributed by atoms with Crippen LogP contribution in [0.15, 0.2) is 30.7 Å². The molecule has 1 aromatic heterocycles. The lowest BCUT2D eigenvalue weighted by molar-refractivity contribution is 0.152. The van der Waals surface area contributed by atoms with Gasteiger partial charge in [-0.1, -0.05) is 19.4 Å². The van der Waals surface area contributed by atoms with Crippen LogP contribution in [0.3, 0.4) is 0 Å². The van der Waals surface area contributed by atoms with Gasteiger partial charge in [-0.3, -0.25) is 4.90 Å². The van der Waals surface area contributed by atoms with E-state index in [1.807, 2.05) is 19.2 Å². The predicted molar refractivity (Wildman–Crippen MR) is 99.1 cm³/mol. The predicted octanol–water partition coefficient (Wildman–Crippen LogP) is 3.74. The van der Waals surface area contributed by atoms with Gasteiger partial charge >= 0.3 is 6.09 Å². The Balaban J connectivity index is 1.75. The van der Waals surface area contributed by atoms with Crippen molar-refractivity contribution in [3.63, 3.8) is 0 Å². The molecule has 2 aromatic rings. The van der Waals surface area contributed by atoms with Gasteiger partial charge in [0.25, 0.3) is 0 Å². The van der Waals surface area contributed by atoms with Gasteiger partial charge in [-0.25, -0.2) is 9.78 Å². The Bertz CT molecular complexity index is 699. The van der Waals surface area contributed by atoms with E-state index >= 15 is 0 Å². The molecule has 0 radical (unpaired) electrons. The van der Waals surface area contributed by atoms with Crippen molar-refractivity contribution >= 4 is 17.5 Å². The summed E-state index contributed by atoms with van der Waals surface area (Å²) >= 11 is 0. The fourth-order valence-corrected chi connectivity index (χ4v) is 3.14. The standard InChI is InChI=1S/C19H26N4O2/c1-3-5-10-25-19(24)23(4-2)17-7-6-15-8-9-22(18(15)11-17)13-16-12-20-14-21-16/h6-7,11-12,14H,3-5,8-10,13H2,1-2H3,(H,20,21). The quantitative estimate of drug-likeness (QED) is 0.779. The minimum Gasteiger partial charge on any atom is -0.449 e. The molecule has 2 heterocycles. The van der Waals surface area contributed by atoms with Crippen molar-refractivity contribution in [2.75, 3.05) is 29.5 Å². The van der Waals surface area contributed by atoms with Gasteiger partial charge in [0.2, 0.25) is 0 Å². The molecule has 25 heavy (non-hydrogen) atoms. The van der Waals surface area contributed by atoms with Crippen LogP contribution in [0.1, 0.15) is 37.9 Å². The Kier molecular flexibility index (Phi) is 5.58. The normalized spacial score (nSPS) is 13.0. The number of unbranched alkanes of at least 4 members (excludes halogenated alkanes) is 1. The smallest absolute Gasteiger partial charge is 0.414 e. The highest BCUT2D eigenvalue weighted by atomic mass is 16.6. The molecule has 0 atom stereocenters. The molecule has 0 saturated heterocycles. The first-order valence-electron chi connectivity index (χ1n) is 9.02. The Morgan fingerprint density at radius 1 is 1.40 bits per heavy atom. The topological polar surface area (TPSA) is 61.5 Å². The summed E-state index contributed by atoms with van der Waals surface area (Å²) in [4.78, 5) is 23.7. The van der Waals surface area contributed by atoms with Crippen molar-refractivity contribution in [1.82, 2.24) is 9.97 Å². The third-order valence-corrected chi connectivity index (χ3v) is 4.54. The number of nitrogens with zero attached hydrogens (tertiary/aromatic N) is 3. The second-order valence-electron chi connectivity index (χ2n) is 6.26. The maximum atomic E-state index is 12.4. The largest absolute Gasteiger partial charge is 0.449 e. The molecule has 0 bridgehead atoms. The number of hydrogen-bond acceptors (Lipinski definition) is 4. The van der Waals surface area contributed by atoms with E-state index in [0.717, 1.165) is 43.7 Å². The van der Waals surface area contributed by atoms with Gasteiger partial charge in [-0.15, -0.1) is 0 Å². The average Bonchev–Trinajstić information content (AvgIpc) is 3.26. The van der Waals surface area contributed by atoms with E-state index in [9.17, 15) is 4.79 Å². The summed E-state index contributed by atoms with van der Waals surface area (Å²) < 4.78 is 5.38. The minimum atomic E-state index is -0.271. The number of benzene rings is 1. The fourth-order valence-electron chi connectivity index (χ4n) is 3.14. The summed E-state index contributed by atoms with van der Waals surface area (Å²) in [6.07, 6.45) is 6.28. The average molecular weight is 342 g/mol. The van der Waals surface area contributed by atoms with E-state index in [2.05, 4.69) is 33.9 Å². The van der Waals surface area contributed by atoms with Gasteiger partial charge < -0.3 is 14.6 Å². The van der Waals surface area contributed by atoms with Gasteiger partial charge in [0.05, 0.1) is 25.2 Å². The number of ether oxygens (including phenoxy) is 1. The monoisotopic (exact) mass is 342 g/mol.